The van der Waals surface area contributed by atoms with Crippen molar-refractivity contribution in [1.29, 1.82) is 0 Å². The molecule has 0 radical (unpaired) electrons. The second-order valence-electron chi connectivity index (χ2n) is 6.13. The van der Waals surface area contributed by atoms with Gasteiger partial charge in [0.15, 0.2) is 0 Å². The van der Waals surface area contributed by atoms with Crippen LogP contribution in [0.15, 0.2) is 30.3 Å². The van der Waals surface area contributed by atoms with E-state index in [9.17, 15) is 0 Å². The summed E-state index contributed by atoms with van der Waals surface area (Å²) in [7, 11) is 0. The van der Waals surface area contributed by atoms with Crippen molar-refractivity contribution in [2.45, 2.75) is 39.5 Å². The van der Waals surface area contributed by atoms with Crippen molar-refractivity contribution < 1.29 is 0 Å². The molecule has 1 fully saturated rings. The van der Waals surface area contributed by atoms with Gasteiger partial charge in [0, 0.05) is 5.38 Å². The molecule has 0 saturated heterocycles. The Morgan fingerprint density at radius 1 is 1.06 bits per heavy atom. The van der Waals surface area contributed by atoms with Crippen molar-refractivity contribution in [3.8, 4) is 0 Å². The minimum atomic E-state index is 0.257. The summed E-state index contributed by atoms with van der Waals surface area (Å²) in [5.74, 6) is 0.627. The van der Waals surface area contributed by atoms with Gasteiger partial charge < -0.3 is 0 Å². The maximum absolute atomic E-state index is 6.58. The third kappa shape index (κ3) is 1.78. The Hall–Kier alpha value is -0.490. The first-order valence-corrected chi connectivity index (χ1v) is 6.49. The first-order valence-electron chi connectivity index (χ1n) is 6.05. The lowest BCUT2D eigenvalue weighted by Gasteiger charge is -2.11. The minimum absolute atomic E-state index is 0.257. The molecule has 1 heteroatoms. The molecule has 0 N–H and O–H groups in total. The Kier molecular flexibility index (Phi) is 2.82. The van der Waals surface area contributed by atoms with Crippen molar-refractivity contribution in [2.75, 3.05) is 0 Å². The van der Waals surface area contributed by atoms with Crippen LogP contribution in [0, 0.1) is 16.7 Å². The van der Waals surface area contributed by atoms with Crippen molar-refractivity contribution in [2.24, 2.45) is 16.7 Å². The van der Waals surface area contributed by atoms with Crippen LogP contribution in [-0.4, -0.2) is 5.38 Å². The highest BCUT2D eigenvalue weighted by Crippen LogP contribution is 2.70. The average molecular weight is 237 g/mol. The Labute approximate surface area is 104 Å². The van der Waals surface area contributed by atoms with Gasteiger partial charge in [-0.2, -0.15) is 0 Å². The van der Waals surface area contributed by atoms with Gasteiger partial charge in [-0.3, -0.25) is 0 Å². The Morgan fingerprint density at radius 3 is 2.00 bits per heavy atom. The van der Waals surface area contributed by atoms with E-state index in [0.29, 0.717) is 16.7 Å². The van der Waals surface area contributed by atoms with E-state index < -0.39 is 0 Å². The third-order valence-corrected chi connectivity index (χ3v) is 5.17. The van der Waals surface area contributed by atoms with E-state index in [1.54, 1.807) is 0 Å². The molecule has 1 aliphatic carbocycles. The summed E-state index contributed by atoms with van der Waals surface area (Å²) < 4.78 is 0. The van der Waals surface area contributed by atoms with Crippen LogP contribution >= 0.6 is 11.6 Å². The van der Waals surface area contributed by atoms with E-state index in [1.165, 1.54) is 5.56 Å². The van der Waals surface area contributed by atoms with Crippen LogP contribution in [-0.2, 0) is 6.42 Å². The lowest BCUT2D eigenvalue weighted by atomic mass is 10.0. The fourth-order valence-corrected chi connectivity index (χ4v) is 3.92. The predicted octanol–water partition coefficient (Wildman–Crippen LogP) is 4.52. The second kappa shape index (κ2) is 3.77. The second-order valence-corrected chi connectivity index (χ2v) is 6.69. The maximum Gasteiger partial charge on any atom is 0.0415 e. The fraction of sp³-hybridized carbons (Fsp3) is 0.600. The van der Waals surface area contributed by atoms with Gasteiger partial charge in [-0.15, -0.1) is 11.6 Å². The molecule has 16 heavy (non-hydrogen) atoms. The zero-order chi connectivity index (χ0) is 12.0. The smallest absolute Gasteiger partial charge is 0.0415 e. The van der Waals surface area contributed by atoms with Crippen LogP contribution in [0.5, 0.6) is 0 Å². The van der Waals surface area contributed by atoms with Gasteiger partial charge in [-0.1, -0.05) is 58.0 Å². The first kappa shape index (κ1) is 12.0. The molecule has 2 rings (SSSR count). The summed E-state index contributed by atoms with van der Waals surface area (Å²) in [5.41, 5.74) is 2.11. The highest BCUT2D eigenvalue weighted by atomic mass is 35.5. The molecule has 1 aliphatic rings. The molecule has 0 aromatic heterocycles. The largest absolute Gasteiger partial charge is 0.122 e. The van der Waals surface area contributed by atoms with Crippen LogP contribution in [0.1, 0.15) is 33.3 Å². The first-order chi connectivity index (χ1) is 7.37. The summed E-state index contributed by atoms with van der Waals surface area (Å²) >= 11 is 6.58. The van der Waals surface area contributed by atoms with E-state index in [2.05, 4.69) is 58.0 Å². The van der Waals surface area contributed by atoms with Crippen LogP contribution in [0.3, 0.4) is 0 Å². The van der Waals surface area contributed by atoms with Gasteiger partial charge >= 0.3 is 0 Å². The van der Waals surface area contributed by atoms with Gasteiger partial charge in [0.1, 0.15) is 0 Å². The predicted molar refractivity (Wildman–Crippen MR) is 70.8 cm³/mol. The molecule has 1 aromatic rings. The molecule has 1 saturated carbocycles. The summed E-state index contributed by atoms with van der Waals surface area (Å²) in [6.07, 6.45) is 0.986. The highest BCUT2D eigenvalue weighted by molar-refractivity contribution is 6.21. The standard InChI is InChI=1S/C15H21Cl/c1-14(2)13(15(14,3)4)12(16)10-11-8-6-5-7-9-11/h5-9,12-13H,10H2,1-4H3. The molecular weight excluding hydrogens is 216 g/mol. The minimum Gasteiger partial charge on any atom is -0.122 e. The number of alkyl halides is 1. The van der Waals surface area contributed by atoms with Crippen molar-refractivity contribution >= 4 is 11.6 Å². The lowest BCUT2D eigenvalue weighted by Crippen LogP contribution is -2.11. The molecule has 0 nitrogen and oxygen atoms in total. The molecule has 1 unspecified atom stereocenters. The zero-order valence-electron chi connectivity index (χ0n) is 10.6. The van der Waals surface area contributed by atoms with Crippen molar-refractivity contribution in [3.05, 3.63) is 35.9 Å². The van der Waals surface area contributed by atoms with Gasteiger partial charge in [-0.25, -0.2) is 0 Å². The Bertz CT molecular complexity index is 350. The topological polar surface area (TPSA) is 0 Å². The molecule has 0 bridgehead atoms. The van der Waals surface area contributed by atoms with Gasteiger partial charge in [-0.05, 0) is 28.7 Å². The van der Waals surface area contributed by atoms with E-state index >= 15 is 0 Å². The quantitative estimate of drug-likeness (QED) is 0.677. The maximum atomic E-state index is 6.58. The third-order valence-electron chi connectivity index (χ3n) is 4.77. The summed E-state index contributed by atoms with van der Waals surface area (Å²) in [6.45, 7) is 9.33. The van der Waals surface area contributed by atoms with E-state index in [-0.39, 0.29) is 5.38 Å². The van der Waals surface area contributed by atoms with Gasteiger partial charge in [0.2, 0.25) is 0 Å². The Balaban J connectivity index is 2.04. The molecule has 0 heterocycles. The highest BCUT2D eigenvalue weighted by Gasteiger charge is 2.66. The molecular formula is C15H21Cl. The molecule has 0 aliphatic heterocycles. The van der Waals surface area contributed by atoms with Crippen molar-refractivity contribution in [3.63, 3.8) is 0 Å². The normalized spacial score (nSPS) is 24.1. The average Bonchev–Trinajstić information content (AvgIpc) is 2.58. The van der Waals surface area contributed by atoms with Gasteiger partial charge in [0.05, 0.1) is 0 Å². The summed E-state index contributed by atoms with van der Waals surface area (Å²) in [6, 6.07) is 10.6. The van der Waals surface area contributed by atoms with Gasteiger partial charge in [0.25, 0.3) is 0 Å². The summed E-state index contributed by atoms with van der Waals surface area (Å²) in [5, 5.41) is 0.257. The van der Waals surface area contributed by atoms with E-state index in [4.69, 9.17) is 11.6 Å². The van der Waals surface area contributed by atoms with Crippen molar-refractivity contribution in [1.82, 2.24) is 0 Å². The van der Waals surface area contributed by atoms with Crippen LogP contribution in [0.4, 0.5) is 0 Å². The number of rotatable bonds is 3. The van der Waals surface area contributed by atoms with Crippen LogP contribution < -0.4 is 0 Å². The van der Waals surface area contributed by atoms with Crippen LogP contribution in [0.2, 0.25) is 0 Å². The van der Waals surface area contributed by atoms with E-state index in [0.717, 1.165) is 6.42 Å². The molecule has 1 atom stereocenters. The number of halogens is 1. The van der Waals surface area contributed by atoms with E-state index in [1.807, 2.05) is 0 Å². The zero-order valence-corrected chi connectivity index (χ0v) is 11.4. The Morgan fingerprint density at radius 2 is 1.56 bits per heavy atom. The number of benzene rings is 1. The number of hydrogen-bond acceptors (Lipinski definition) is 0. The SMILES string of the molecule is CC1(C)C(C(Cl)Cc2ccccc2)C1(C)C. The molecule has 1 aromatic carbocycles. The summed E-state index contributed by atoms with van der Waals surface area (Å²) in [4.78, 5) is 0. The lowest BCUT2D eigenvalue weighted by molar-refractivity contribution is 0.457. The molecule has 88 valence electrons. The molecule has 0 amide bonds. The monoisotopic (exact) mass is 236 g/mol. The van der Waals surface area contributed by atoms with Crippen LogP contribution in [0.25, 0.3) is 0 Å². The fourth-order valence-electron chi connectivity index (χ4n) is 3.11. The molecule has 0 spiro atoms. The number of hydrogen-bond donors (Lipinski definition) is 0.